The van der Waals surface area contributed by atoms with Crippen LogP contribution in [0.5, 0.6) is 0 Å². The average Bonchev–Trinajstić information content (AvgIpc) is 3.14. The lowest BCUT2D eigenvalue weighted by atomic mass is 9.92. The highest BCUT2D eigenvalue weighted by Gasteiger charge is 2.66. The van der Waals surface area contributed by atoms with Gasteiger partial charge in [0.15, 0.2) is 5.78 Å². The van der Waals surface area contributed by atoms with Crippen molar-refractivity contribution in [1.82, 2.24) is 0 Å². The summed E-state index contributed by atoms with van der Waals surface area (Å²) in [4.78, 5) is 12.6. The summed E-state index contributed by atoms with van der Waals surface area (Å²) in [5.41, 5.74) is 0.999. The number of hydrogen-bond donors (Lipinski definition) is 0. The van der Waals surface area contributed by atoms with Crippen molar-refractivity contribution < 1.29 is 18.3 Å². The van der Waals surface area contributed by atoms with E-state index in [0.717, 1.165) is 18.4 Å². The topological polar surface area (TPSA) is 29.6 Å². The molecule has 112 valence electrons. The fraction of sp³-hybridized carbons (Fsp3) is 0.278. The van der Waals surface area contributed by atoms with Crippen molar-refractivity contribution in [3.05, 3.63) is 71.3 Å². The molecule has 3 atom stereocenters. The fourth-order valence-electron chi connectivity index (χ4n) is 3.53. The number of carbonyl (C=O) groups excluding carboxylic acids is 1. The second-order valence-electron chi connectivity index (χ2n) is 5.95. The number of halogens is 2. The van der Waals surface area contributed by atoms with Crippen molar-refractivity contribution in [2.45, 2.75) is 24.5 Å². The number of benzene rings is 2. The Labute approximate surface area is 126 Å². The molecule has 2 aromatic carbocycles. The molecule has 2 aliphatic rings. The van der Waals surface area contributed by atoms with E-state index in [2.05, 4.69) is 0 Å². The zero-order valence-electron chi connectivity index (χ0n) is 11.8. The monoisotopic (exact) mass is 300 g/mol. The number of ether oxygens (including phenoxy) is 1. The Hall–Kier alpha value is -2.07. The highest BCUT2D eigenvalue weighted by Crippen LogP contribution is 2.60. The quantitative estimate of drug-likeness (QED) is 0.636. The predicted molar refractivity (Wildman–Crippen MR) is 76.4 cm³/mol. The summed E-state index contributed by atoms with van der Waals surface area (Å²) in [6, 6.07) is 11.9. The number of rotatable bonds is 3. The molecule has 2 aromatic rings. The standard InChI is InChI=1S/C18H14F2O2/c19-13-5-1-11(2-6-13)16(21)15-9-10-18(17(15)22-18)12-3-7-14(20)8-4-12/h1-8,15,17H,9-10H2/t15-,17?,18-/m0/s1. The molecule has 0 N–H and O–H groups in total. The van der Waals surface area contributed by atoms with E-state index in [9.17, 15) is 13.6 Å². The van der Waals surface area contributed by atoms with Crippen LogP contribution in [-0.2, 0) is 10.3 Å². The Morgan fingerprint density at radius 3 is 2.18 bits per heavy atom. The van der Waals surface area contributed by atoms with Crippen molar-refractivity contribution >= 4 is 5.78 Å². The summed E-state index contributed by atoms with van der Waals surface area (Å²) in [5.74, 6) is -0.859. The smallest absolute Gasteiger partial charge is 0.168 e. The van der Waals surface area contributed by atoms with Crippen LogP contribution >= 0.6 is 0 Å². The fourth-order valence-corrected chi connectivity index (χ4v) is 3.53. The Bertz CT molecular complexity index is 724. The van der Waals surface area contributed by atoms with Gasteiger partial charge in [-0.1, -0.05) is 12.1 Å². The van der Waals surface area contributed by atoms with Crippen LogP contribution in [0.15, 0.2) is 48.5 Å². The van der Waals surface area contributed by atoms with Crippen LogP contribution in [0.1, 0.15) is 28.8 Å². The normalized spacial score (nSPS) is 29.2. The lowest BCUT2D eigenvalue weighted by molar-refractivity contribution is 0.0878. The van der Waals surface area contributed by atoms with Crippen LogP contribution in [0, 0.1) is 17.6 Å². The van der Waals surface area contributed by atoms with E-state index in [1.807, 2.05) is 0 Å². The first kappa shape index (κ1) is 13.6. The molecule has 0 spiro atoms. The molecule has 1 saturated carbocycles. The Morgan fingerprint density at radius 2 is 1.59 bits per heavy atom. The van der Waals surface area contributed by atoms with E-state index < -0.39 is 5.60 Å². The van der Waals surface area contributed by atoms with Crippen LogP contribution in [-0.4, -0.2) is 11.9 Å². The Kier molecular flexibility index (Phi) is 2.91. The summed E-state index contributed by atoms with van der Waals surface area (Å²) in [6.07, 6.45) is 1.33. The first-order chi connectivity index (χ1) is 10.6. The van der Waals surface area contributed by atoms with Gasteiger partial charge in [-0.15, -0.1) is 0 Å². The molecular formula is C18H14F2O2. The molecule has 2 nitrogen and oxygen atoms in total. The summed E-state index contributed by atoms with van der Waals surface area (Å²) >= 11 is 0. The van der Waals surface area contributed by atoms with Crippen LogP contribution in [0.4, 0.5) is 8.78 Å². The molecular weight excluding hydrogens is 286 g/mol. The predicted octanol–water partition coefficient (Wildman–Crippen LogP) is 3.85. The molecule has 0 amide bonds. The zero-order chi connectivity index (χ0) is 15.3. The molecule has 1 saturated heterocycles. The molecule has 0 radical (unpaired) electrons. The molecule has 4 heteroatoms. The second kappa shape index (κ2) is 4.71. The third-order valence-electron chi connectivity index (χ3n) is 4.73. The van der Waals surface area contributed by atoms with E-state index in [4.69, 9.17) is 4.74 Å². The van der Waals surface area contributed by atoms with Crippen LogP contribution < -0.4 is 0 Å². The number of Topliss-reactive ketones (excluding diaryl/α,β-unsaturated/α-hetero) is 1. The van der Waals surface area contributed by atoms with Crippen LogP contribution in [0.2, 0.25) is 0 Å². The Balaban J connectivity index is 1.56. The van der Waals surface area contributed by atoms with Crippen molar-refractivity contribution in [2.24, 2.45) is 5.92 Å². The van der Waals surface area contributed by atoms with Gasteiger partial charge in [-0.25, -0.2) is 8.78 Å². The molecule has 1 aliphatic heterocycles. The third-order valence-corrected chi connectivity index (χ3v) is 4.73. The van der Waals surface area contributed by atoms with Crippen molar-refractivity contribution in [2.75, 3.05) is 0 Å². The number of epoxide rings is 1. The molecule has 1 aliphatic carbocycles. The SMILES string of the molecule is O=C(c1ccc(F)cc1)[C@@H]1CC[C@@]2(c3ccc(F)cc3)OC12. The van der Waals surface area contributed by atoms with E-state index in [-0.39, 0.29) is 29.4 Å². The number of fused-ring (bicyclic) bond motifs is 1. The maximum atomic E-state index is 13.0. The van der Waals surface area contributed by atoms with Gasteiger partial charge in [0.25, 0.3) is 0 Å². The molecule has 0 aromatic heterocycles. The maximum absolute atomic E-state index is 13.0. The van der Waals surface area contributed by atoms with Crippen molar-refractivity contribution in [1.29, 1.82) is 0 Å². The molecule has 4 rings (SSSR count). The minimum Gasteiger partial charge on any atom is -0.360 e. The number of carbonyl (C=O) groups is 1. The van der Waals surface area contributed by atoms with E-state index in [0.29, 0.717) is 5.56 Å². The van der Waals surface area contributed by atoms with Crippen LogP contribution in [0.25, 0.3) is 0 Å². The van der Waals surface area contributed by atoms with Crippen molar-refractivity contribution in [3.63, 3.8) is 0 Å². The van der Waals surface area contributed by atoms with Gasteiger partial charge < -0.3 is 4.74 Å². The third kappa shape index (κ3) is 1.98. The first-order valence-corrected chi connectivity index (χ1v) is 7.34. The van der Waals surface area contributed by atoms with E-state index in [1.165, 1.54) is 36.4 Å². The van der Waals surface area contributed by atoms with E-state index in [1.54, 1.807) is 12.1 Å². The highest BCUT2D eigenvalue weighted by molar-refractivity contribution is 5.98. The number of hydrogen-bond acceptors (Lipinski definition) is 2. The van der Waals surface area contributed by atoms with Gasteiger partial charge in [0.2, 0.25) is 0 Å². The molecule has 1 unspecified atom stereocenters. The van der Waals surface area contributed by atoms with Crippen LogP contribution in [0.3, 0.4) is 0 Å². The maximum Gasteiger partial charge on any atom is 0.168 e. The minimum absolute atomic E-state index is 0.00788. The van der Waals surface area contributed by atoms with Gasteiger partial charge in [0.05, 0.1) is 5.92 Å². The summed E-state index contributed by atoms with van der Waals surface area (Å²) in [7, 11) is 0. The van der Waals surface area contributed by atoms with Gasteiger partial charge in [0, 0.05) is 5.56 Å². The second-order valence-corrected chi connectivity index (χ2v) is 5.95. The summed E-state index contributed by atoms with van der Waals surface area (Å²) in [6.45, 7) is 0. The molecule has 22 heavy (non-hydrogen) atoms. The summed E-state index contributed by atoms with van der Waals surface area (Å²) < 4.78 is 31.8. The minimum atomic E-state index is -0.436. The highest BCUT2D eigenvalue weighted by atomic mass is 19.1. The van der Waals surface area contributed by atoms with Gasteiger partial charge in [-0.2, -0.15) is 0 Å². The van der Waals surface area contributed by atoms with E-state index >= 15 is 0 Å². The number of ketones is 1. The molecule has 0 bridgehead atoms. The first-order valence-electron chi connectivity index (χ1n) is 7.34. The average molecular weight is 300 g/mol. The zero-order valence-corrected chi connectivity index (χ0v) is 11.8. The Morgan fingerprint density at radius 1 is 1.00 bits per heavy atom. The van der Waals surface area contributed by atoms with Gasteiger partial charge in [-0.05, 0) is 54.8 Å². The largest absolute Gasteiger partial charge is 0.360 e. The van der Waals surface area contributed by atoms with Gasteiger partial charge in [0.1, 0.15) is 23.3 Å². The molecule has 2 fully saturated rings. The van der Waals surface area contributed by atoms with Gasteiger partial charge in [-0.3, -0.25) is 4.79 Å². The van der Waals surface area contributed by atoms with Crippen molar-refractivity contribution in [3.8, 4) is 0 Å². The lowest BCUT2D eigenvalue weighted by Gasteiger charge is -2.09. The summed E-state index contributed by atoms with van der Waals surface area (Å²) in [5, 5.41) is 0. The molecule has 1 heterocycles. The van der Waals surface area contributed by atoms with Gasteiger partial charge >= 0.3 is 0 Å². The lowest BCUT2D eigenvalue weighted by Crippen LogP contribution is -2.18.